The summed E-state index contributed by atoms with van der Waals surface area (Å²) in [7, 11) is 0.389. The highest BCUT2D eigenvalue weighted by Crippen LogP contribution is 2.22. The van der Waals surface area contributed by atoms with E-state index in [0.29, 0.717) is 5.03 Å². The molecule has 4 rings (SSSR count). The number of nitrogens with one attached hydrogen (secondary N) is 1. The Hall–Kier alpha value is -2.26. The molecule has 0 fully saturated rings. The van der Waals surface area contributed by atoms with Crippen molar-refractivity contribution in [2.24, 2.45) is 7.05 Å². The highest BCUT2D eigenvalue weighted by molar-refractivity contribution is 7.93. The van der Waals surface area contributed by atoms with Crippen LogP contribution in [0.4, 0.5) is 0 Å². The largest absolute Gasteiger partial charge is 0.294 e. The third-order valence-electron chi connectivity index (χ3n) is 3.96. The molecule has 1 amide bonds. The van der Waals surface area contributed by atoms with Gasteiger partial charge in [0.1, 0.15) is 0 Å². The molecule has 1 N–H and O–H groups in total. The zero-order valence-corrected chi connectivity index (χ0v) is 13.4. The summed E-state index contributed by atoms with van der Waals surface area (Å²) >= 11 is 0. The quantitative estimate of drug-likeness (QED) is 0.839. The van der Waals surface area contributed by atoms with Gasteiger partial charge in [0.25, 0.3) is 5.91 Å². The first kappa shape index (κ1) is 14.3. The molecular formula is C14H16N6O2S. The lowest BCUT2D eigenvalue weighted by Gasteiger charge is -2.25. The van der Waals surface area contributed by atoms with Crippen LogP contribution in [0.15, 0.2) is 24.7 Å². The molecule has 0 bridgehead atoms. The van der Waals surface area contributed by atoms with E-state index >= 15 is 0 Å². The number of aromatic nitrogens is 4. The van der Waals surface area contributed by atoms with Crippen LogP contribution in [0.2, 0.25) is 0 Å². The summed E-state index contributed by atoms with van der Waals surface area (Å²) in [6, 6.07) is 0. The fraction of sp³-hybridized carbons (Fsp3) is 0.357. The predicted octanol–water partition coefficient (Wildman–Crippen LogP) is -0.233. The predicted molar refractivity (Wildman–Crippen MR) is 83.8 cm³/mol. The number of rotatable bonds is 3. The second-order valence-corrected chi connectivity index (χ2v) is 6.91. The number of hydrogen-bond acceptors (Lipinski definition) is 5. The van der Waals surface area contributed by atoms with Crippen LogP contribution < -0.4 is 4.72 Å². The second-order valence-electron chi connectivity index (χ2n) is 5.75. The lowest BCUT2D eigenvalue weighted by Crippen LogP contribution is -2.29. The van der Waals surface area contributed by atoms with E-state index in [9.17, 15) is 9.00 Å². The minimum Gasteiger partial charge on any atom is -0.294 e. The van der Waals surface area contributed by atoms with Crippen molar-refractivity contribution < 1.29 is 9.00 Å². The van der Waals surface area contributed by atoms with Gasteiger partial charge >= 0.3 is 0 Å². The minimum absolute atomic E-state index is 0.343. The molecule has 0 aliphatic carbocycles. The standard InChI is InChI=1S/C14H16N6O2S/c1-18-6-10(5-15-18)7-19-3-2-12-11(8-19)9-20(16-12)14-4-13(21)17-23(14)22/h4-6,9H,2-3,7-8H2,1H3,(H,17,21). The summed E-state index contributed by atoms with van der Waals surface area (Å²) in [6.45, 7) is 2.54. The van der Waals surface area contributed by atoms with Crippen LogP contribution in [0, 0.1) is 0 Å². The molecule has 0 spiro atoms. The summed E-state index contributed by atoms with van der Waals surface area (Å²) < 4.78 is 17.5. The molecule has 9 heteroatoms. The lowest BCUT2D eigenvalue weighted by atomic mass is 10.1. The van der Waals surface area contributed by atoms with E-state index in [-0.39, 0.29) is 5.91 Å². The molecule has 1 unspecified atom stereocenters. The van der Waals surface area contributed by atoms with Crippen molar-refractivity contribution in [2.75, 3.05) is 6.54 Å². The molecule has 8 nitrogen and oxygen atoms in total. The van der Waals surface area contributed by atoms with Gasteiger partial charge in [-0.15, -0.1) is 0 Å². The van der Waals surface area contributed by atoms with Crippen molar-refractivity contribution in [3.05, 3.63) is 41.5 Å². The number of amides is 1. The number of nitrogens with zero attached hydrogens (tertiary/aromatic N) is 5. The molecule has 23 heavy (non-hydrogen) atoms. The SMILES string of the molecule is Cn1cc(CN2CCc3nn(C4=CC(=O)NS4=O)cc3C2)cn1. The molecule has 0 radical (unpaired) electrons. The van der Waals surface area contributed by atoms with Gasteiger partial charge in [0.05, 0.1) is 11.9 Å². The Labute approximate surface area is 135 Å². The summed E-state index contributed by atoms with van der Waals surface area (Å²) in [6.07, 6.45) is 7.94. The monoisotopic (exact) mass is 332 g/mol. The van der Waals surface area contributed by atoms with Crippen LogP contribution in [0.3, 0.4) is 0 Å². The Morgan fingerprint density at radius 1 is 1.39 bits per heavy atom. The van der Waals surface area contributed by atoms with Crippen molar-refractivity contribution in [1.82, 2.24) is 29.2 Å². The summed E-state index contributed by atoms with van der Waals surface area (Å²) in [5.41, 5.74) is 3.29. The smallest absolute Gasteiger partial charge is 0.258 e. The van der Waals surface area contributed by atoms with Crippen LogP contribution in [-0.2, 0) is 42.3 Å². The maximum absolute atomic E-state index is 11.8. The van der Waals surface area contributed by atoms with Crippen molar-refractivity contribution in [1.29, 1.82) is 0 Å². The Morgan fingerprint density at radius 2 is 2.26 bits per heavy atom. The van der Waals surface area contributed by atoms with Gasteiger partial charge in [0, 0.05) is 62.7 Å². The first-order chi connectivity index (χ1) is 11.1. The van der Waals surface area contributed by atoms with Gasteiger partial charge in [-0.3, -0.25) is 19.1 Å². The average Bonchev–Trinajstić information content (AvgIpc) is 3.17. The minimum atomic E-state index is -1.52. The molecule has 120 valence electrons. The molecule has 0 aromatic carbocycles. The van der Waals surface area contributed by atoms with Crippen molar-refractivity contribution in [2.45, 2.75) is 19.5 Å². The Balaban J connectivity index is 1.53. The Kier molecular flexibility index (Phi) is 3.38. The molecule has 1 atom stereocenters. The third kappa shape index (κ3) is 2.73. The first-order valence-corrected chi connectivity index (χ1v) is 8.45. The number of hydrogen-bond donors (Lipinski definition) is 1. The maximum Gasteiger partial charge on any atom is 0.258 e. The Morgan fingerprint density at radius 3 is 2.96 bits per heavy atom. The fourth-order valence-electron chi connectivity index (χ4n) is 2.92. The molecule has 4 heterocycles. The molecule has 0 saturated heterocycles. The fourth-order valence-corrected chi connectivity index (χ4v) is 3.75. The van der Waals surface area contributed by atoms with Crippen LogP contribution in [0.1, 0.15) is 16.8 Å². The average molecular weight is 332 g/mol. The van der Waals surface area contributed by atoms with E-state index in [1.165, 1.54) is 11.6 Å². The highest BCUT2D eigenvalue weighted by atomic mass is 32.2. The van der Waals surface area contributed by atoms with Crippen LogP contribution in [-0.4, -0.2) is 41.1 Å². The zero-order chi connectivity index (χ0) is 16.0. The zero-order valence-electron chi connectivity index (χ0n) is 12.6. The molecule has 2 aromatic heterocycles. The Bertz CT molecular complexity index is 836. The number of aryl methyl sites for hydroxylation is 1. The summed E-state index contributed by atoms with van der Waals surface area (Å²) in [4.78, 5) is 13.6. The number of carbonyl (C=O) groups is 1. The highest BCUT2D eigenvalue weighted by Gasteiger charge is 2.25. The summed E-state index contributed by atoms with van der Waals surface area (Å²) in [5, 5.41) is 9.07. The van der Waals surface area contributed by atoms with Crippen molar-refractivity contribution in [3.8, 4) is 0 Å². The molecule has 2 aromatic rings. The van der Waals surface area contributed by atoms with Gasteiger partial charge in [0.2, 0.25) is 0 Å². The third-order valence-corrected chi connectivity index (χ3v) is 5.04. The van der Waals surface area contributed by atoms with Crippen LogP contribution in [0.25, 0.3) is 5.03 Å². The van der Waals surface area contributed by atoms with Crippen LogP contribution >= 0.6 is 0 Å². The molecule has 2 aliphatic rings. The lowest BCUT2D eigenvalue weighted by molar-refractivity contribution is -0.114. The van der Waals surface area contributed by atoms with Crippen molar-refractivity contribution in [3.63, 3.8) is 0 Å². The van der Waals surface area contributed by atoms with Gasteiger partial charge in [-0.2, -0.15) is 10.2 Å². The van der Waals surface area contributed by atoms with Gasteiger partial charge in [-0.25, -0.2) is 8.89 Å². The molecular weight excluding hydrogens is 316 g/mol. The second kappa shape index (κ2) is 5.43. The first-order valence-electron chi connectivity index (χ1n) is 7.30. The maximum atomic E-state index is 11.8. The van der Waals surface area contributed by atoms with E-state index in [4.69, 9.17) is 0 Å². The van der Waals surface area contributed by atoms with E-state index < -0.39 is 11.0 Å². The van der Waals surface area contributed by atoms with E-state index in [1.807, 2.05) is 25.6 Å². The summed E-state index contributed by atoms with van der Waals surface area (Å²) in [5.74, 6) is -0.343. The van der Waals surface area contributed by atoms with Gasteiger partial charge in [-0.05, 0) is 0 Å². The van der Waals surface area contributed by atoms with E-state index in [1.54, 1.807) is 9.36 Å². The number of fused-ring (bicyclic) bond motifs is 1. The topological polar surface area (TPSA) is 85.0 Å². The number of carbonyl (C=O) groups excluding carboxylic acids is 1. The normalized spacial score (nSPS) is 21.2. The van der Waals surface area contributed by atoms with Gasteiger partial charge < -0.3 is 0 Å². The van der Waals surface area contributed by atoms with Crippen LogP contribution in [0.5, 0.6) is 0 Å². The van der Waals surface area contributed by atoms with Gasteiger partial charge in [-0.1, -0.05) is 0 Å². The van der Waals surface area contributed by atoms with Crippen molar-refractivity contribution >= 4 is 21.9 Å². The van der Waals surface area contributed by atoms with E-state index in [0.717, 1.165) is 37.3 Å². The molecule has 2 aliphatic heterocycles. The van der Waals surface area contributed by atoms with Gasteiger partial charge in [0.15, 0.2) is 16.0 Å². The van der Waals surface area contributed by atoms with E-state index in [2.05, 4.69) is 19.8 Å². The molecule has 0 saturated carbocycles.